The van der Waals surface area contributed by atoms with Crippen LogP contribution in [-0.2, 0) is 4.74 Å². The molecule has 0 aliphatic carbocycles. The van der Waals surface area contributed by atoms with Crippen LogP contribution in [-0.4, -0.2) is 46.1 Å². The molecule has 2 rings (SSSR count). The van der Waals surface area contributed by atoms with Crippen LogP contribution in [0.15, 0.2) is 24.3 Å². The van der Waals surface area contributed by atoms with Gasteiger partial charge in [0, 0.05) is 6.07 Å². The SMILES string of the molecule is CCCOc1cccc(OCCCC[NH+]2CCOCC2)c1. The maximum absolute atomic E-state index is 5.80. The highest BCUT2D eigenvalue weighted by Crippen LogP contribution is 2.19. The van der Waals surface area contributed by atoms with E-state index in [9.17, 15) is 0 Å². The molecule has 1 heterocycles. The van der Waals surface area contributed by atoms with Crippen molar-refractivity contribution >= 4 is 0 Å². The highest BCUT2D eigenvalue weighted by atomic mass is 16.5. The van der Waals surface area contributed by atoms with Crippen molar-refractivity contribution in [2.75, 3.05) is 46.1 Å². The summed E-state index contributed by atoms with van der Waals surface area (Å²) in [5.41, 5.74) is 0. The summed E-state index contributed by atoms with van der Waals surface area (Å²) >= 11 is 0. The van der Waals surface area contributed by atoms with Crippen molar-refractivity contribution in [3.63, 3.8) is 0 Å². The third-order valence-corrected chi connectivity index (χ3v) is 3.67. The van der Waals surface area contributed by atoms with E-state index in [1.807, 2.05) is 24.3 Å². The van der Waals surface area contributed by atoms with Gasteiger partial charge in [-0.2, -0.15) is 0 Å². The van der Waals surface area contributed by atoms with Gasteiger partial charge in [0.2, 0.25) is 0 Å². The average Bonchev–Trinajstić information content (AvgIpc) is 2.54. The van der Waals surface area contributed by atoms with Crippen LogP contribution in [0.25, 0.3) is 0 Å². The number of hydrogen-bond donors (Lipinski definition) is 1. The van der Waals surface area contributed by atoms with Gasteiger partial charge in [0.1, 0.15) is 24.6 Å². The number of quaternary nitrogens is 1. The number of morpholine rings is 1. The Labute approximate surface area is 128 Å². The first kappa shape index (κ1) is 16.1. The number of rotatable bonds is 9. The monoisotopic (exact) mass is 294 g/mol. The van der Waals surface area contributed by atoms with Crippen molar-refractivity contribution in [1.29, 1.82) is 0 Å². The maximum atomic E-state index is 5.80. The average molecular weight is 294 g/mol. The molecule has 0 aromatic heterocycles. The van der Waals surface area contributed by atoms with E-state index >= 15 is 0 Å². The van der Waals surface area contributed by atoms with Gasteiger partial charge >= 0.3 is 0 Å². The fraction of sp³-hybridized carbons (Fsp3) is 0.647. The number of benzene rings is 1. The van der Waals surface area contributed by atoms with Gasteiger partial charge < -0.3 is 19.1 Å². The molecule has 1 aromatic carbocycles. The molecule has 118 valence electrons. The van der Waals surface area contributed by atoms with Crippen LogP contribution in [0.4, 0.5) is 0 Å². The highest BCUT2D eigenvalue weighted by Gasteiger charge is 2.12. The fourth-order valence-corrected chi connectivity index (χ4v) is 2.45. The van der Waals surface area contributed by atoms with Crippen molar-refractivity contribution in [2.24, 2.45) is 0 Å². The molecule has 4 heteroatoms. The molecule has 4 nitrogen and oxygen atoms in total. The summed E-state index contributed by atoms with van der Waals surface area (Å²) in [6.07, 6.45) is 3.33. The van der Waals surface area contributed by atoms with E-state index in [0.29, 0.717) is 0 Å². The quantitative estimate of drug-likeness (QED) is 0.701. The summed E-state index contributed by atoms with van der Waals surface area (Å²) < 4.78 is 16.8. The Morgan fingerprint density at radius 2 is 1.76 bits per heavy atom. The standard InChI is InChI=1S/C17H27NO3/c1-2-11-20-16-6-5-7-17(15-16)21-12-4-3-8-18-9-13-19-14-10-18/h5-7,15H,2-4,8-14H2,1H3/p+1. The summed E-state index contributed by atoms with van der Waals surface area (Å²) in [5, 5.41) is 0. The molecule has 0 saturated carbocycles. The van der Waals surface area contributed by atoms with Crippen molar-refractivity contribution in [2.45, 2.75) is 26.2 Å². The van der Waals surface area contributed by atoms with E-state index in [1.165, 1.54) is 13.0 Å². The van der Waals surface area contributed by atoms with Crippen molar-refractivity contribution in [1.82, 2.24) is 0 Å². The highest BCUT2D eigenvalue weighted by molar-refractivity contribution is 5.32. The number of hydrogen-bond acceptors (Lipinski definition) is 3. The lowest BCUT2D eigenvalue weighted by Crippen LogP contribution is -3.14. The molecule has 1 aliphatic heterocycles. The van der Waals surface area contributed by atoms with Gasteiger partial charge in [-0.05, 0) is 31.4 Å². The smallest absolute Gasteiger partial charge is 0.122 e. The van der Waals surface area contributed by atoms with E-state index in [-0.39, 0.29) is 0 Å². The van der Waals surface area contributed by atoms with Crippen LogP contribution in [0.1, 0.15) is 26.2 Å². The predicted octanol–water partition coefficient (Wildman–Crippen LogP) is 1.55. The second-order valence-electron chi connectivity index (χ2n) is 5.49. The van der Waals surface area contributed by atoms with Crippen LogP contribution in [0, 0.1) is 0 Å². The van der Waals surface area contributed by atoms with E-state index < -0.39 is 0 Å². The zero-order valence-corrected chi connectivity index (χ0v) is 13.1. The van der Waals surface area contributed by atoms with Crippen molar-refractivity contribution < 1.29 is 19.1 Å². The fourth-order valence-electron chi connectivity index (χ4n) is 2.45. The van der Waals surface area contributed by atoms with Gasteiger partial charge in [-0.3, -0.25) is 0 Å². The lowest BCUT2D eigenvalue weighted by molar-refractivity contribution is -0.908. The minimum absolute atomic E-state index is 0.756. The molecule has 0 amide bonds. The summed E-state index contributed by atoms with van der Waals surface area (Å²) in [4.78, 5) is 1.66. The summed E-state index contributed by atoms with van der Waals surface area (Å²) in [5.74, 6) is 1.80. The topological polar surface area (TPSA) is 32.1 Å². The Balaban J connectivity index is 1.59. The summed E-state index contributed by atoms with van der Waals surface area (Å²) in [6.45, 7) is 9.00. The number of unbranched alkanes of at least 4 members (excludes halogenated alkanes) is 1. The summed E-state index contributed by atoms with van der Waals surface area (Å²) in [7, 11) is 0. The van der Waals surface area contributed by atoms with Gasteiger partial charge in [-0.1, -0.05) is 13.0 Å². The molecular weight excluding hydrogens is 266 g/mol. The zero-order valence-electron chi connectivity index (χ0n) is 13.1. The van der Waals surface area contributed by atoms with Crippen molar-refractivity contribution in [3.05, 3.63) is 24.3 Å². The lowest BCUT2D eigenvalue weighted by Gasteiger charge is -2.23. The molecule has 0 unspecified atom stereocenters. The molecule has 1 aliphatic rings. The Bertz CT molecular complexity index is 391. The number of ether oxygens (including phenoxy) is 3. The van der Waals surface area contributed by atoms with E-state index in [1.54, 1.807) is 4.90 Å². The molecule has 1 N–H and O–H groups in total. The third-order valence-electron chi connectivity index (χ3n) is 3.67. The third kappa shape index (κ3) is 6.36. The van der Waals surface area contributed by atoms with Crippen molar-refractivity contribution in [3.8, 4) is 11.5 Å². The molecular formula is C17H28NO3+. The first-order valence-electron chi connectivity index (χ1n) is 8.15. The molecule has 0 radical (unpaired) electrons. The molecule has 0 atom stereocenters. The van der Waals surface area contributed by atoms with Gasteiger partial charge in [-0.15, -0.1) is 0 Å². The Morgan fingerprint density at radius 3 is 2.48 bits per heavy atom. The lowest BCUT2D eigenvalue weighted by atomic mass is 10.3. The minimum atomic E-state index is 0.756. The first-order chi connectivity index (χ1) is 10.4. The van der Waals surface area contributed by atoms with Crippen LogP contribution >= 0.6 is 0 Å². The second-order valence-corrected chi connectivity index (χ2v) is 5.49. The first-order valence-corrected chi connectivity index (χ1v) is 8.15. The van der Waals surface area contributed by atoms with Crippen LogP contribution in [0.2, 0.25) is 0 Å². The zero-order chi connectivity index (χ0) is 14.8. The van der Waals surface area contributed by atoms with Crippen LogP contribution < -0.4 is 14.4 Å². The normalized spacial score (nSPS) is 15.9. The van der Waals surface area contributed by atoms with Crippen LogP contribution in [0.3, 0.4) is 0 Å². The molecule has 1 aromatic rings. The van der Waals surface area contributed by atoms with Gasteiger partial charge in [0.15, 0.2) is 0 Å². The Kier molecular flexibility index (Phi) is 7.39. The molecule has 21 heavy (non-hydrogen) atoms. The van der Waals surface area contributed by atoms with E-state index in [2.05, 4.69) is 6.92 Å². The number of nitrogens with one attached hydrogen (secondary N) is 1. The molecule has 0 bridgehead atoms. The maximum Gasteiger partial charge on any atom is 0.122 e. The Hall–Kier alpha value is -1.26. The van der Waals surface area contributed by atoms with Gasteiger partial charge in [-0.25, -0.2) is 0 Å². The molecule has 0 spiro atoms. The van der Waals surface area contributed by atoms with Crippen LogP contribution in [0.5, 0.6) is 11.5 Å². The van der Waals surface area contributed by atoms with E-state index in [4.69, 9.17) is 14.2 Å². The Morgan fingerprint density at radius 1 is 1.05 bits per heavy atom. The molecule has 1 saturated heterocycles. The second kappa shape index (κ2) is 9.64. The van der Waals surface area contributed by atoms with Gasteiger partial charge in [0.25, 0.3) is 0 Å². The largest absolute Gasteiger partial charge is 0.493 e. The van der Waals surface area contributed by atoms with E-state index in [0.717, 1.165) is 63.9 Å². The predicted molar refractivity (Wildman–Crippen MR) is 83.3 cm³/mol. The molecule has 1 fully saturated rings. The summed E-state index contributed by atoms with van der Waals surface area (Å²) in [6, 6.07) is 7.93. The minimum Gasteiger partial charge on any atom is -0.493 e. The van der Waals surface area contributed by atoms with Gasteiger partial charge in [0.05, 0.1) is 33.0 Å².